The Labute approximate surface area is 198 Å². The van der Waals surface area contributed by atoms with Gasteiger partial charge in [0.1, 0.15) is 27.6 Å². The molecular weight excluding hydrogens is 462 g/mol. The molecule has 1 aromatic heterocycles. The Hall–Kier alpha value is -3.32. The van der Waals surface area contributed by atoms with E-state index in [-0.39, 0.29) is 28.5 Å². The lowest BCUT2D eigenvalue weighted by molar-refractivity contribution is 0.243. The lowest BCUT2D eigenvalue weighted by Crippen LogP contribution is -2.55. The van der Waals surface area contributed by atoms with Gasteiger partial charge in [-0.1, -0.05) is 18.9 Å². The van der Waals surface area contributed by atoms with E-state index in [0.717, 1.165) is 12.1 Å². The van der Waals surface area contributed by atoms with Gasteiger partial charge in [-0.05, 0) is 51.0 Å². The zero-order valence-corrected chi connectivity index (χ0v) is 20.2. The number of nitrogens with two attached hydrogens (primary N) is 1. The molecule has 3 rings (SSSR count). The van der Waals surface area contributed by atoms with Crippen LogP contribution < -0.4 is 10.5 Å². The van der Waals surface area contributed by atoms with Crippen LogP contribution in [-0.4, -0.2) is 40.8 Å². The molecule has 0 fully saturated rings. The topological polar surface area (TPSA) is 108 Å². The normalized spacial score (nSPS) is 22.4. The molecule has 0 bridgehead atoms. The molecule has 2 N–H and O–H groups in total. The predicted octanol–water partition coefficient (Wildman–Crippen LogP) is 3.65. The molecule has 0 amide bonds. The summed E-state index contributed by atoms with van der Waals surface area (Å²) in [4.78, 5) is 12.3. The number of hydrogen-bond acceptors (Lipinski definition) is 7. The van der Waals surface area contributed by atoms with Crippen LogP contribution in [0.25, 0.3) is 11.9 Å². The van der Waals surface area contributed by atoms with Crippen LogP contribution >= 0.6 is 0 Å². The molecule has 1 unspecified atom stereocenters. The van der Waals surface area contributed by atoms with Gasteiger partial charge in [0.15, 0.2) is 21.8 Å². The fourth-order valence-corrected chi connectivity index (χ4v) is 5.11. The number of nitrogens with zero attached hydrogens (tertiary/aromatic N) is 3. The first kappa shape index (κ1) is 25.3. The molecule has 0 spiro atoms. The Kier molecular flexibility index (Phi) is 6.80. The molecule has 2 atom stereocenters. The summed E-state index contributed by atoms with van der Waals surface area (Å²) in [5.41, 5.74) is 4.69. The Morgan fingerprint density at radius 2 is 2.03 bits per heavy atom. The van der Waals surface area contributed by atoms with Crippen molar-refractivity contribution in [2.24, 2.45) is 10.7 Å². The molecule has 1 aromatic carbocycles. The van der Waals surface area contributed by atoms with E-state index in [4.69, 9.17) is 16.9 Å². The minimum Gasteiger partial charge on any atom is -0.460 e. The summed E-state index contributed by atoms with van der Waals surface area (Å²) in [6.45, 7) is 6.25. The summed E-state index contributed by atoms with van der Waals surface area (Å²) in [6.07, 6.45) is 9.05. The number of halogens is 2. The minimum absolute atomic E-state index is 0.00852. The van der Waals surface area contributed by atoms with E-state index in [1.54, 1.807) is 0 Å². The Morgan fingerprint density at radius 1 is 1.32 bits per heavy atom. The number of aromatic nitrogens is 2. The standard InChI is InChI=1S/C24H26F2N4O3S/c1-6-16(7-2)33-21-13-28-20(12-29-21)19(26)11-15-8-9-18(25)17(10-15)24(5)14-34(31,32)23(3,4)22(27)30-24/h1,8-13,16H,7,14H2,2-5H3,(H2,27,30)/b19-11-/t16?,24-/m0/s1. The molecule has 2 heterocycles. The number of aliphatic imine (C=N–C) groups is 1. The highest BCUT2D eigenvalue weighted by molar-refractivity contribution is 7.93. The fraction of sp³-hybridized carbons (Fsp3) is 0.375. The third-order valence-corrected chi connectivity index (χ3v) is 8.50. The van der Waals surface area contributed by atoms with Gasteiger partial charge < -0.3 is 10.5 Å². The number of ether oxygens (including phenoxy) is 1. The lowest BCUT2D eigenvalue weighted by Gasteiger charge is -2.38. The zero-order valence-electron chi connectivity index (χ0n) is 19.3. The highest BCUT2D eigenvalue weighted by atomic mass is 32.2. The summed E-state index contributed by atoms with van der Waals surface area (Å²) >= 11 is 0. The molecule has 2 aromatic rings. The molecule has 0 aliphatic carbocycles. The predicted molar refractivity (Wildman–Crippen MR) is 128 cm³/mol. The van der Waals surface area contributed by atoms with Crippen LogP contribution in [0.5, 0.6) is 5.88 Å². The molecule has 0 saturated carbocycles. The van der Waals surface area contributed by atoms with Crippen molar-refractivity contribution in [1.29, 1.82) is 0 Å². The molecular formula is C24H26F2N4O3S. The van der Waals surface area contributed by atoms with Crippen LogP contribution in [0.4, 0.5) is 8.78 Å². The van der Waals surface area contributed by atoms with Crippen molar-refractivity contribution in [3.8, 4) is 18.2 Å². The quantitative estimate of drug-likeness (QED) is 0.622. The van der Waals surface area contributed by atoms with Crippen molar-refractivity contribution in [2.45, 2.75) is 50.5 Å². The van der Waals surface area contributed by atoms with Gasteiger partial charge in [-0.25, -0.2) is 27.2 Å². The number of rotatable bonds is 6. The number of hydrogen-bond donors (Lipinski definition) is 1. The smallest absolute Gasteiger partial charge is 0.233 e. The van der Waals surface area contributed by atoms with Gasteiger partial charge in [0.05, 0.1) is 18.1 Å². The number of amidine groups is 1. The van der Waals surface area contributed by atoms with E-state index in [2.05, 4.69) is 20.9 Å². The molecule has 180 valence electrons. The van der Waals surface area contributed by atoms with Crippen molar-refractivity contribution in [1.82, 2.24) is 9.97 Å². The molecule has 7 nitrogen and oxygen atoms in total. The van der Waals surface area contributed by atoms with E-state index in [0.29, 0.717) is 6.42 Å². The van der Waals surface area contributed by atoms with E-state index in [1.807, 2.05) is 6.92 Å². The highest BCUT2D eigenvalue weighted by Crippen LogP contribution is 2.38. The molecule has 10 heteroatoms. The Bertz CT molecular complexity index is 1300. The number of benzene rings is 1. The second-order valence-electron chi connectivity index (χ2n) is 8.69. The second kappa shape index (κ2) is 9.14. The van der Waals surface area contributed by atoms with Crippen LogP contribution in [0.3, 0.4) is 0 Å². The molecule has 34 heavy (non-hydrogen) atoms. The largest absolute Gasteiger partial charge is 0.460 e. The van der Waals surface area contributed by atoms with Crippen molar-refractivity contribution in [2.75, 3.05) is 5.75 Å². The first-order chi connectivity index (χ1) is 15.8. The van der Waals surface area contributed by atoms with Crippen LogP contribution in [0.15, 0.2) is 35.6 Å². The SMILES string of the molecule is C#CC(CC)Oc1cnc(/C(F)=C/c2ccc(F)c([C@]3(C)CS(=O)(=O)C(C)(C)C(N)=N3)c2)cn1. The van der Waals surface area contributed by atoms with Crippen molar-refractivity contribution >= 4 is 27.6 Å². The average Bonchev–Trinajstić information content (AvgIpc) is 2.77. The van der Waals surface area contributed by atoms with Crippen molar-refractivity contribution in [3.63, 3.8) is 0 Å². The second-order valence-corrected chi connectivity index (χ2v) is 11.2. The van der Waals surface area contributed by atoms with Gasteiger partial charge in [0.25, 0.3) is 0 Å². The van der Waals surface area contributed by atoms with Crippen LogP contribution in [0, 0.1) is 18.2 Å². The summed E-state index contributed by atoms with van der Waals surface area (Å²) < 4.78 is 59.3. The van der Waals surface area contributed by atoms with Gasteiger partial charge in [0, 0.05) is 5.56 Å². The van der Waals surface area contributed by atoms with Gasteiger partial charge in [-0.2, -0.15) is 0 Å². The van der Waals surface area contributed by atoms with Gasteiger partial charge in [-0.3, -0.25) is 4.99 Å². The van der Waals surface area contributed by atoms with Gasteiger partial charge in [-0.15, -0.1) is 6.42 Å². The highest BCUT2D eigenvalue weighted by Gasteiger charge is 2.49. The van der Waals surface area contributed by atoms with Crippen LogP contribution in [0.1, 0.15) is 50.9 Å². The summed E-state index contributed by atoms with van der Waals surface area (Å²) in [5, 5.41) is 0. The maximum atomic E-state index is 14.9. The van der Waals surface area contributed by atoms with Gasteiger partial charge >= 0.3 is 0 Å². The number of sulfone groups is 1. The van der Waals surface area contributed by atoms with Crippen LogP contribution in [0.2, 0.25) is 0 Å². The summed E-state index contributed by atoms with van der Waals surface area (Å²) in [5.74, 6) is 0.668. The zero-order chi connectivity index (χ0) is 25.3. The maximum absolute atomic E-state index is 14.9. The van der Waals surface area contributed by atoms with Crippen LogP contribution in [-0.2, 0) is 15.4 Å². The third-order valence-electron chi connectivity index (χ3n) is 5.79. The first-order valence-corrected chi connectivity index (χ1v) is 12.2. The average molecular weight is 489 g/mol. The maximum Gasteiger partial charge on any atom is 0.233 e. The molecule has 1 aliphatic rings. The summed E-state index contributed by atoms with van der Waals surface area (Å²) in [7, 11) is -3.73. The molecule has 0 radical (unpaired) electrons. The lowest BCUT2D eigenvalue weighted by atomic mass is 9.91. The Balaban J connectivity index is 1.94. The number of terminal acetylenes is 1. The minimum atomic E-state index is -3.73. The Morgan fingerprint density at radius 3 is 2.59 bits per heavy atom. The molecule has 1 aliphatic heterocycles. The van der Waals surface area contributed by atoms with E-state index < -0.39 is 43.6 Å². The van der Waals surface area contributed by atoms with E-state index >= 15 is 0 Å². The third kappa shape index (κ3) is 4.80. The fourth-order valence-electron chi connectivity index (χ4n) is 3.43. The first-order valence-electron chi connectivity index (χ1n) is 10.5. The monoisotopic (exact) mass is 488 g/mol. The van der Waals surface area contributed by atoms with E-state index in [9.17, 15) is 17.2 Å². The van der Waals surface area contributed by atoms with E-state index in [1.165, 1.54) is 45.3 Å². The van der Waals surface area contributed by atoms with Crippen molar-refractivity contribution in [3.05, 3.63) is 53.2 Å². The van der Waals surface area contributed by atoms with Crippen molar-refractivity contribution < 1.29 is 21.9 Å². The van der Waals surface area contributed by atoms with Gasteiger partial charge in [0.2, 0.25) is 5.88 Å². The molecule has 0 saturated heterocycles. The summed E-state index contributed by atoms with van der Waals surface area (Å²) in [6, 6.07) is 3.84.